The molecule has 0 saturated carbocycles. The van der Waals surface area contributed by atoms with E-state index < -0.39 is 0 Å². The smallest absolute Gasteiger partial charge is 0.00294 e. The molecule has 1 aliphatic rings. The summed E-state index contributed by atoms with van der Waals surface area (Å²) in [7, 11) is 0. The second-order valence-corrected chi connectivity index (χ2v) is 11.7. The molecule has 0 nitrogen and oxygen atoms in total. The van der Waals surface area contributed by atoms with Crippen molar-refractivity contribution in [1.29, 1.82) is 0 Å². The van der Waals surface area contributed by atoms with Gasteiger partial charge in [-0.15, -0.1) is 0 Å². The van der Waals surface area contributed by atoms with Crippen molar-refractivity contribution in [1.82, 2.24) is 0 Å². The quantitative estimate of drug-likeness (QED) is 0.227. The monoisotopic (exact) mass is 488 g/mol. The molecule has 38 heavy (non-hydrogen) atoms. The maximum atomic E-state index is 2.53. The van der Waals surface area contributed by atoms with Gasteiger partial charge in [0.15, 0.2) is 0 Å². The Labute approximate surface area is 225 Å². The lowest BCUT2D eigenvalue weighted by Gasteiger charge is -2.31. The Hall–Kier alpha value is -4.16. The Kier molecular flexibility index (Phi) is 5.27. The summed E-state index contributed by atoms with van der Waals surface area (Å²) < 4.78 is 0. The minimum absolute atomic E-state index is 0.146. The number of benzene rings is 6. The average molecular weight is 489 g/mol. The van der Waals surface area contributed by atoms with Gasteiger partial charge in [0.1, 0.15) is 0 Å². The number of rotatable bonds is 2. The summed E-state index contributed by atoms with van der Waals surface area (Å²) in [5.41, 5.74) is 9.94. The molecule has 0 radical (unpaired) electrons. The van der Waals surface area contributed by atoms with Crippen LogP contribution in [-0.2, 0) is 6.42 Å². The fraction of sp³-hybridized carbons (Fsp3) is 0.158. The average Bonchev–Trinajstić information content (AvgIpc) is 2.94. The minimum atomic E-state index is 0.146. The Morgan fingerprint density at radius 3 is 1.58 bits per heavy atom. The fourth-order valence-electron chi connectivity index (χ4n) is 6.36. The molecule has 0 N–H and O–H groups in total. The lowest BCUT2D eigenvalue weighted by molar-refractivity contribution is 0.484. The van der Waals surface area contributed by atoms with Crippen LogP contribution in [0.15, 0.2) is 115 Å². The second-order valence-electron chi connectivity index (χ2n) is 11.7. The highest BCUT2D eigenvalue weighted by Crippen LogP contribution is 2.48. The maximum Gasteiger partial charge on any atom is -0.00294 e. The zero-order valence-electron chi connectivity index (χ0n) is 22.4. The predicted molar refractivity (Wildman–Crippen MR) is 166 cm³/mol. The number of fused-ring (bicyclic) bond motifs is 4. The normalized spacial score (nSPS) is 13.6. The molecule has 0 unspecified atom stereocenters. The summed E-state index contributed by atoms with van der Waals surface area (Å²) in [4.78, 5) is 0. The van der Waals surface area contributed by atoms with Gasteiger partial charge in [0, 0.05) is 0 Å². The molecule has 6 aromatic carbocycles. The van der Waals surface area contributed by atoms with Gasteiger partial charge >= 0.3 is 0 Å². The van der Waals surface area contributed by atoms with Crippen LogP contribution in [0.1, 0.15) is 38.3 Å². The first-order chi connectivity index (χ1) is 18.5. The summed E-state index contributed by atoms with van der Waals surface area (Å²) in [5.74, 6) is 0. The fourth-order valence-corrected chi connectivity index (χ4v) is 6.36. The molecule has 7 rings (SSSR count). The van der Waals surface area contributed by atoms with Crippen LogP contribution in [0.4, 0.5) is 0 Å². The minimum Gasteiger partial charge on any atom is -0.0639 e. The molecule has 0 amide bonds. The Bertz CT molecular complexity index is 1890. The van der Waals surface area contributed by atoms with Crippen molar-refractivity contribution in [3.8, 4) is 22.3 Å². The summed E-state index contributed by atoms with van der Waals surface area (Å²) in [5, 5.41) is 7.83. The number of hydrogen-bond acceptors (Lipinski definition) is 0. The predicted octanol–water partition coefficient (Wildman–Crippen LogP) is 10.9. The molecular formula is C38H32. The SMILES string of the molecule is CC(C)(C)C1=Cc2c(c(-c3ccc4ccccc4c3)c3ccccc3c2-c2ccc3ccccc3c2)CC1. The highest BCUT2D eigenvalue weighted by molar-refractivity contribution is 6.11. The molecule has 184 valence electrons. The molecule has 0 fully saturated rings. The van der Waals surface area contributed by atoms with Crippen LogP contribution >= 0.6 is 0 Å². The van der Waals surface area contributed by atoms with Crippen LogP contribution in [0.3, 0.4) is 0 Å². The topological polar surface area (TPSA) is 0 Å². The van der Waals surface area contributed by atoms with Crippen LogP contribution in [0.2, 0.25) is 0 Å². The molecule has 0 saturated heterocycles. The van der Waals surface area contributed by atoms with Crippen molar-refractivity contribution >= 4 is 38.4 Å². The first kappa shape index (κ1) is 23.0. The van der Waals surface area contributed by atoms with Crippen LogP contribution in [-0.4, -0.2) is 0 Å². The van der Waals surface area contributed by atoms with Crippen molar-refractivity contribution in [2.45, 2.75) is 33.6 Å². The van der Waals surface area contributed by atoms with Crippen LogP contribution in [0.5, 0.6) is 0 Å². The van der Waals surface area contributed by atoms with Gasteiger partial charge < -0.3 is 0 Å². The van der Waals surface area contributed by atoms with E-state index in [0.717, 1.165) is 12.8 Å². The Balaban J connectivity index is 1.60. The molecule has 6 aromatic rings. The van der Waals surface area contributed by atoms with E-state index in [0.29, 0.717) is 0 Å². The second kappa shape index (κ2) is 8.71. The first-order valence-corrected chi connectivity index (χ1v) is 13.7. The third kappa shape index (κ3) is 3.75. The summed E-state index contributed by atoms with van der Waals surface area (Å²) in [6.07, 6.45) is 4.69. The lowest BCUT2D eigenvalue weighted by Crippen LogP contribution is -2.15. The molecule has 0 spiro atoms. The molecule has 0 heteroatoms. The summed E-state index contributed by atoms with van der Waals surface area (Å²) in [6.45, 7) is 7.06. The Morgan fingerprint density at radius 1 is 0.500 bits per heavy atom. The van der Waals surface area contributed by atoms with Crippen molar-refractivity contribution in [2.75, 3.05) is 0 Å². The van der Waals surface area contributed by atoms with Crippen LogP contribution in [0.25, 0.3) is 60.6 Å². The van der Waals surface area contributed by atoms with Gasteiger partial charge in [-0.2, -0.15) is 0 Å². The van der Waals surface area contributed by atoms with E-state index in [2.05, 4.69) is 136 Å². The highest BCUT2D eigenvalue weighted by Gasteiger charge is 2.27. The van der Waals surface area contributed by atoms with E-state index in [-0.39, 0.29) is 5.41 Å². The third-order valence-corrected chi connectivity index (χ3v) is 8.36. The van der Waals surface area contributed by atoms with E-state index in [1.54, 1.807) is 0 Å². The third-order valence-electron chi connectivity index (χ3n) is 8.36. The van der Waals surface area contributed by atoms with Gasteiger partial charge in [-0.3, -0.25) is 0 Å². The van der Waals surface area contributed by atoms with Gasteiger partial charge in [0.05, 0.1) is 0 Å². The van der Waals surface area contributed by atoms with Gasteiger partial charge in [-0.05, 0) is 96.1 Å². The van der Waals surface area contributed by atoms with E-state index in [9.17, 15) is 0 Å². The zero-order valence-corrected chi connectivity index (χ0v) is 22.4. The molecular weight excluding hydrogens is 456 g/mol. The van der Waals surface area contributed by atoms with Gasteiger partial charge in [0.25, 0.3) is 0 Å². The zero-order chi connectivity index (χ0) is 25.9. The largest absolute Gasteiger partial charge is 0.0639 e. The molecule has 0 bridgehead atoms. The number of hydrogen-bond donors (Lipinski definition) is 0. The van der Waals surface area contributed by atoms with Gasteiger partial charge in [0.2, 0.25) is 0 Å². The molecule has 0 aromatic heterocycles. The van der Waals surface area contributed by atoms with E-state index >= 15 is 0 Å². The molecule has 1 aliphatic carbocycles. The van der Waals surface area contributed by atoms with E-state index in [1.807, 2.05) is 0 Å². The van der Waals surface area contributed by atoms with Gasteiger partial charge in [-0.1, -0.05) is 129 Å². The maximum absolute atomic E-state index is 2.53. The van der Waals surface area contributed by atoms with Crippen LogP contribution in [0, 0.1) is 5.41 Å². The lowest BCUT2D eigenvalue weighted by atomic mass is 9.73. The summed E-state index contributed by atoms with van der Waals surface area (Å²) in [6, 6.07) is 40.4. The van der Waals surface area contributed by atoms with Crippen LogP contribution < -0.4 is 0 Å². The van der Waals surface area contributed by atoms with Crippen molar-refractivity contribution in [3.05, 3.63) is 126 Å². The van der Waals surface area contributed by atoms with Crippen molar-refractivity contribution in [2.24, 2.45) is 5.41 Å². The molecule has 0 aliphatic heterocycles. The van der Waals surface area contributed by atoms with E-state index in [4.69, 9.17) is 0 Å². The number of allylic oxidation sites excluding steroid dienone is 1. The van der Waals surface area contributed by atoms with Crippen molar-refractivity contribution < 1.29 is 0 Å². The highest BCUT2D eigenvalue weighted by atomic mass is 14.3. The molecule has 0 heterocycles. The van der Waals surface area contributed by atoms with Crippen molar-refractivity contribution in [3.63, 3.8) is 0 Å². The summed E-state index contributed by atoms with van der Waals surface area (Å²) >= 11 is 0. The van der Waals surface area contributed by atoms with E-state index in [1.165, 1.54) is 71.3 Å². The molecule has 0 atom stereocenters. The standard InChI is InChI=1S/C38H32/c1-38(2,3)31-20-21-34-35(24-31)37(30-19-17-26-11-5-7-13-28(26)23-30)33-15-9-8-14-32(33)36(34)29-18-16-25-10-4-6-12-27(25)22-29/h4-19,22-24H,20-21H2,1-3H3. The van der Waals surface area contributed by atoms with Gasteiger partial charge in [-0.25, -0.2) is 0 Å². The first-order valence-electron chi connectivity index (χ1n) is 13.7. The Morgan fingerprint density at radius 2 is 1.00 bits per heavy atom.